The number of carbonyl (C=O) groups excluding carboxylic acids is 1. The number of amides is 1. The summed E-state index contributed by atoms with van der Waals surface area (Å²) in [6.07, 6.45) is 0.588. The molecule has 0 radical (unpaired) electrons. The molecule has 0 aliphatic carbocycles. The Hall–Kier alpha value is -3.26. The zero-order valence-electron chi connectivity index (χ0n) is 18.4. The maximum Gasteiger partial charge on any atom is 0.287 e. The smallest absolute Gasteiger partial charge is 0.287 e. The number of nitrogens with one attached hydrogen (secondary N) is 1. The van der Waals surface area contributed by atoms with E-state index in [1.807, 2.05) is 37.3 Å². The molecule has 1 amide bonds. The average molecular weight is 458 g/mol. The summed E-state index contributed by atoms with van der Waals surface area (Å²) in [6, 6.07) is 15.9. The summed E-state index contributed by atoms with van der Waals surface area (Å²) in [5.74, 6) is 0.841. The van der Waals surface area contributed by atoms with Crippen LogP contribution in [0, 0.1) is 6.92 Å². The molecule has 0 saturated carbocycles. The lowest BCUT2D eigenvalue weighted by Crippen LogP contribution is -2.25. The van der Waals surface area contributed by atoms with Crippen LogP contribution in [0.2, 0.25) is 0 Å². The minimum absolute atomic E-state index is 0.0813. The number of hydrogen-bond acceptors (Lipinski definition) is 6. The molecule has 3 rings (SSSR count). The molecule has 7 nitrogen and oxygen atoms in total. The number of ether oxygens (including phenoxy) is 2. The number of sulfone groups is 1. The second kappa shape index (κ2) is 10.4. The van der Waals surface area contributed by atoms with Crippen molar-refractivity contribution in [1.82, 2.24) is 5.32 Å². The molecule has 32 heavy (non-hydrogen) atoms. The first-order valence-corrected chi connectivity index (χ1v) is 12.0. The van der Waals surface area contributed by atoms with E-state index < -0.39 is 15.7 Å². The molecule has 0 unspecified atom stereocenters. The summed E-state index contributed by atoms with van der Waals surface area (Å²) in [4.78, 5) is 12.4. The van der Waals surface area contributed by atoms with Crippen molar-refractivity contribution in [3.63, 3.8) is 0 Å². The molecule has 0 spiro atoms. The van der Waals surface area contributed by atoms with Crippen LogP contribution in [0.3, 0.4) is 0 Å². The van der Waals surface area contributed by atoms with Gasteiger partial charge in [0.15, 0.2) is 27.1 Å². The summed E-state index contributed by atoms with van der Waals surface area (Å²) in [6.45, 7) is 2.33. The molecule has 0 bridgehead atoms. The number of hydrogen-bond donors (Lipinski definition) is 1. The van der Waals surface area contributed by atoms with Crippen LogP contribution in [0.25, 0.3) is 0 Å². The number of rotatable bonds is 10. The Bertz CT molecular complexity index is 1170. The van der Waals surface area contributed by atoms with E-state index in [1.54, 1.807) is 26.4 Å². The summed E-state index contributed by atoms with van der Waals surface area (Å²) < 4.78 is 40.9. The molecule has 0 aliphatic heterocycles. The fourth-order valence-electron chi connectivity index (χ4n) is 3.23. The van der Waals surface area contributed by atoms with Gasteiger partial charge in [0.05, 0.1) is 20.0 Å². The standard InChI is InChI=1S/C24H27NO6S/c1-17-4-6-19(7-5-17)15-32(27,28)16-20-9-11-22(31-20)24(26)25-13-12-18-8-10-21(29-2)23(14-18)30-3/h4-11,14H,12-13,15-16H2,1-3H3,(H,25,26). The van der Waals surface area contributed by atoms with Crippen molar-refractivity contribution in [2.75, 3.05) is 20.8 Å². The Morgan fingerprint density at radius 3 is 2.28 bits per heavy atom. The largest absolute Gasteiger partial charge is 0.493 e. The Morgan fingerprint density at radius 1 is 0.906 bits per heavy atom. The van der Waals surface area contributed by atoms with Gasteiger partial charge in [-0.3, -0.25) is 4.79 Å². The van der Waals surface area contributed by atoms with E-state index >= 15 is 0 Å². The molecule has 170 valence electrons. The Labute approximate surface area is 188 Å². The molecule has 3 aromatic rings. The van der Waals surface area contributed by atoms with Gasteiger partial charge in [-0.1, -0.05) is 35.9 Å². The Balaban J connectivity index is 1.53. The quantitative estimate of drug-likeness (QED) is 0.499. The van der Waals surface area contributed by atoms with Gasteiger partial charge in [0.25, 0.3) is 5.91 Å². The summed E-state index contributed by atoms with van der Waals surface area (Å²) in [7, 11) is -0.285. The topological polar surface area (TPSA) is 94.8 Å². The van der Waals surface area contributed by atoms with Gasteiger partial charge in [-0.2, -0.15) is 0 Å². The molecule has 0 aliphatic rings. The minimum Gasteiger partial charge on any atom is -0.493 e. The molecule has 0 atom stereocenters. The maximum absolute atomic E-state index is 12.5. The SMILES string of the molecule is COc1ccc(CCNC(=O)c2ccc(CS(=O)(=O)Cc3ccc(C)cc3)o2)cc1OC. The normalized spacial score (nSPS) is 11.2. The van der Waals surface area contributed by atoms with Gasteiger partial charge in [-0.25, -0.2) is 8.42 Å². The van der Waals surface area contributed by atoms with Crippen LogP contribution < -0.4 is 14.8 Å². The zero-order chi connectivity index (χ0) is 23.1. The lowest BCUT2D eigenvalue weighted by atomic mass is 10.1. The van der Waals surface area contributed by atoms with Crippen molar-refractivity contribution >= 4 is 15.7 Å². The second-order valence-corrected chi connectivity index (χ2v) is 9.54. The minimum atomic E-state index is -3.43. The van der Waals surface area contributed by atoms with Crippen LogP contribution in [0.4, 0.5) is 0 Å². The highest BCUT2D eigenvalue weighted by molar-refractivity contribution is 7.89. The molecule has 0 fully saturated rings. The van der Waals surface area contributed by atoms with E-state index in [-0.39, 0.29) is 23.0 Å². The van der Waals surface area contributed by atoms with Gasteiger partial charge in [-0.05, 0) is 48.7 Å². The molecule has 8 heteroatoms. The molecule has 1 aromatic heterocycles. The molecular formula is C24H27NO6S. The van der Waals surface area contributed by atoms with Gasteiger partial charge in [0.1, 0.15) is 11.5 Å². The highest BCUT2D eigenvalue weighted by Crippen LogP contribution is 2.27. The van der Waals surface area contributed by atoms with Gasteiger partial charge < -0.3 is 19.2 Å². The van der Waals surface area contributed by atoms with Gasteiger partial charge in [-0.15, -0.1) is 0 Å². The van der Waals surface area contributed by atoms with E-state index in [1.165, 1.54) is 12.1 Å². The lowest BCUT2D eigenvalue weighted by molar-refractivity contribution is 0.0925. The maximum atomic E-state index is 12.5. The third-order valence-electron chi connectivity index (χ3n) is 4.90. The molecule has 0 saturated heterocycles. The van der Waals surface area contributed by atoms with Gasteiger partial charge in [0.2, 0.25) is 0 Å². The number of furan rings is 1. The Kier molecular flexibility index (Phi) is 7.58. The highest BCUT2D eigenvalue weighted by atomic mass is 32.2. The lowest BCUT2D eigenvalue weighted by Gasteiger charge is -2.09. The zero-order valence-corrected chi connectivity index (χ0v) is 19.2. The van der Waals surface area contributed by atoms with Gasteiger partial charge in [0, 0.05) is 6.54 Å². The van der Waals surface area contributed by atoms with Crippen molar-refractivity contribution in [2.45, 2.75) is 24.9 Å². The van der Waals surface area contributed by atoms with Crippen molar-refractivity contribution in [3.8, 4) is 11.5 Å². The van der Waals surface area contributed by atoms with Crippen LogP contribution in [0.5, 0.6) is 11.5 Å². The van der Waals surface area contributed by atoms with Crippen molar-refractivity contribution in [2.24, 2.45) is 0 Å². The van der Waals surface area contributed by atoms with Crippen LogP contribution in [-0.4, -0.2) is 35.1 Å². The summed E-state index contributed by atoms with van der Waals surface area (Å²) in [5, 5.41) is 2.78. The monoisotopic (exact) mass is 457 g/mol. The van der Waals surface area contributed by atoms with Crippen molar-refractivity contribution in [1.29, 1.82) is 0 Å². The van der Waals surface area contributed by atoms with Crippen LogP contribution in [-0.2, 0) is 27.8 Å². The molecule has 2 aromatic carbocycles. The summed E-state index contributed by atoms with van der Waals surface area (Å²) in [5.41, 5.74) is 2.76. The summed E-state index contributed by atoms with van der Waals surface area (Å²) >= 11 is 0. The fourth-order valence-corrected chi connectivity index (χ4v) is 4.62. The van der Waals surface area contributed by atoms with E-state index in [0.29, 0.717) is 24.5 Å². The van der Waals surface area contributed by atoms with Gasteiger partial charge >= 0.3 is 0 Å². The van der Waals surface area contributed by atoms with Crippen molar-refractivity contribution in [3.05, 3.63) is 82.8 Å². The first-order chi connectivity index (χ1) is 15.3. The van der Waals surface area contributed by atoms with E-state index in [4.69, 9.17) is 13.9 Å². The van der Waals surface area contributed by atoms with Crippen LogP contribution >= 0.6 is 0 Å². The highest BCUT2D eigenvalue weighted by Gasteiger charge is 2.18. The van der Waals surface area contributed by atoms with Crippen molar-refractivity contribution < 1.29 is 27.1 Å². The third kappa shape index (κ3) is 6.37. The predicted molar refractivity (Wildman–Crippen MR) is 122 cm³/mol. The average Bonchev–Trinajstić information content (AvgIpc) is 3.22. The van der Waals surface area contributed by atoms with E-state index in [0.717, 1.165) is 16.7 Å². The molecule has 1 heterocycles. The number of carbonyl (C=O) groups is 1. The van der Waals surface area contributed by atoms with Crippen LogP contribution in [0.15, 0.2) is 59.0 Å². The van der Waals surface area contributed by atoms with E-state index in [2.05, 4.69) is 5.32 Å². The van der Waals surface area contributed by atoms with E-state index in [9.17, 15) is 13.2 Å². The third-order valence-corrected chi connectivity index (χ3v) is 6.40. The molecular weight excluding hydrogens is 430 g/mol. The first-order valence-electron chi connectivity index (χ1n) is 10.1. The second-order valence-electron chi connectivity index (χ2n) is 7.48. The number of methoxy groups -OCH3 is 2. The van der Waals surface area contributed by atoms with Crippen LogP contribution in [0.1, 0.15) is 33.0 Å². The predicted octanol–water partition coefficient (Wildman–Crippen LogP) is 3.69. The first kappa shape index (κ1) is 23.4. The fraction of sp³-hybridized carbons (Fsp3) is 0.292. The number of aryl methyl sites for hydroxylation is 1. The Morgan fingerprint density at radius 2 is 1.59 bits per heavy atom. The molecule has 1 N–H and O–H groups in total. The number of benzene rings is 2.